The summed E-state index contributed by atoms with van der Waals surface area (Å²) in [5, 5.41) is 8.15. The summed E-state index contributed by atoms with van der Waals surface area (Å²) in [7, 11) is 0.0848. The lowest BCUT2D eigenvalue weighted by atomic mass is 9.94. The van der Waals surface area contributed by atoms with Crippen LogP contribution in [0.1, 0.15) is 0 Å². The van der Waals surface area contributed by atoms with Gasteiger partial charge in [0, 0.05) is 0 Å². The molecule has 2 heteroatoms. The highest BCUT2D eigenvalue weighted by Gasteiger charge is 2.10. The monoisotopic (exact) mass is 248 g/mol. The van der Waals surface area contributed by atoms with E-state index in [4.69, 9.17) is 0 Å². The fraction of sp³-hybridized carbons (Fsp3) is 0. The van der Waals surface area contributed by atoms with Crippen LogP contribution >= 0.6 is 8.46 Å². The van der Waals surface area contributed by atoms with E-state index in [1.54, 1.807) is 0 Å². The van der Waals surface area contributed by atoms with Gasteiger partial charge < -0.3 is 0 Å². The van der Waals surface area contributed by atoms with Crippen molar-refractivity contribution in [1.29, 1.82) is 0 Å². The third kappa shape index (κ3) is 1.17. The molecule has 0 bridgehead atoms. The summed E-state index contributed by atoms with van der Waals surface area (Å²) < 4.78 is 11.2. The van der Waals surface area contributed by atoms with Crippen LogP contribution in [0.25, 0.3) is 32.3 Å². The standard InChI is InChI=1S/C16H9OP/c17-18-14-9-7-12-5-4-10-2-1-3-11-6-8-13(14)16(12)15(10)11/h1-9H. The van der Waals surface area contributed by atoms with Crippen LogP contribution in [-0.4, -0.2) is 0 Å². The van der Waals surface area contributed by atoms with Crippen molar-refractivity contribution in [1.82, 2.24) is 0 Å². The zero-order valence-electron chi connectivity index (χ0n) is 9.55. The van der Waals surface area contributed by atoms with E-state index in [9.17, 15) is 4.57 Å². The first-order valence-electron chi connectivity index (χ1n) is 5.88. The van der Waals surface area contributed by atoms with Gasteiger partial charge in [0.1, 0.15) is 0 Å². The molecule has 1 nitrogen and oxygen atoms in total. The average molecular weight is 248 g/mol. The summed E-state index contributed by atoms with van der Waals surface area (Å²) in [5.74, 6) is 0. The van der Waals surface area contributed by atoms with Gasteiger partial charge >= 0.3 is 0 Å². The normalized spacial score (nSPS) is 12.0. The van der Waals surface area contributed by atoms with Crippen molar-refractivity contribution in [2.24, 2.45) is 0 Å². The van der Waals surface area contributed by atoms with Crippen LogP contribution in [0.4, 0.5) is 0 Å². The first kappa shape index (κ1) is 9.99. The van der Waals surface area contributed by atoms with Crippen LogP contribution in [0, 0.1) is 0 Å². The van der Waals surface area contributed by atoms with Crippen molar-refractivity contribution >= 4 is 46.1 Å². The molecular formula is C16H9OP. The van der Waals surface area contributed by atoms with E-state index in [2.05, 4.69) is 48.5 Å². The topological polar surface area (TPSA) is 17.1 Å². The van der Waals surface area contributed by atoms with Crippen molar-refractivity contribution in [3.05, 3.63) is 54.6 Å². The number of hydrogen-bond acceptors (Lipinski definition) is 1. The first-order chi connectivity index (χ1) is 8.88. The van der Waals surface area contributed by atoms with E-state index in [-0.39, 0.29) is 8.46 Å². The minimum atomic E-state index is 0.0848. The molecule has 0 spiro atoms. The fourth-order valence-electron chi connectivity index (χ4n) is 2.80. The van der Waals surface area contributed by atoms with Crippen molar-refractivity contribution in [2.75, 3.05) is 0 Å². The number of hydrogen-bond donors (Lipinski definition) is 0. The van der Waals surface area contributed by atoms with Crippen molar-refractivity contribution in [2.45, 2.75) is 0 Å². The van der Waals surface area contributed by atoms with Crippen LogP contribution in [0.5, 0.6) is 0 Å². The molecule has 0 saturated heterocycles. The van der Waals surface area contributed by atoms with Crippen LogP contribution in [0.3, 0.4) is 0 Å². The minimum Gasteiger partial charge on any atom is -0.269 e. The van der Waals surface area contributed by atoms with Crippen LogP contribution < -0.4 is 5.30 Å². The van der Waals surface area contributed by atoms with Gasteiger partial charge in [-0.25, -0.2) is 0 Å². The maximum atomic E-state index is 11.2. The molecule has 0 aliphatic heterocycles. The van der Waals surface area contributed by atoms with Crippen molar-refractivity contribution in [3.63, 3.8) is 0 Å². The Balaban J connectivity index is 2.43. The molecule has 0 aromatic heterocycles. The van der Waals surface area contributed by atoms with E-state index < -0.39 is 0 Å². The van der Waals surface area contributed by atoms with Gasteiger partial charge in [0.2, 0.25) is 0 Å². The van der Waals surface area contributed by atoms with Gasteiger partial charge in [0.25, 0.3) is 0 Å². The summed E-state index contributed by atoms with van der Waals surface area (Å²) in [6.07, 6.45) is 0. The Hall–Kier alpha value is -1.98. The molecule has 0 radical (unpaired) electrons. The van der Waals surface area contributed by atoms with Gasteiger partial charge in [0.15, 0.2) is 8.46 Å². The second-order valence-corrected chi connectivity index (χ2v) is 5.20. The highest BCUT2D eigenvalue weighted by molar-refractivity contribution is 7.35. The Morgan fingerprint density at radius 3 is 2.00 bits per heavy atom. The lowest BCUT2D eigenvalue weighted by Crippen LogP contribution is -1.95. The second kappa shape index (κ2) is 3.51. The Morgan fingerprint density at radius 1 is 0.667 bits per heavy atom. The first-order valence-corrected chi connectivity index (χ1v) is 6.69. The molecule has 4 rings (SSSR count). The van der Waals surface area contributed by atoms with Gasteiger partial charge in [-0.05, 0) is 38.4 Å². The predicted molar refractivity (Wildman–Crippen MR) is 77.4 cm³/mol. The molecule has 0 unspecified atom stereocenters. The highest BCUT2D eigenvalue weighted by atomic mass is 31.1. The highest BCUT2D eigenvalue weighted by Crippen LogP contribution is 2.34. The Bertz CT molecular complexity index is 880. The molecule has 0 N–H and O–H groups in total. The molecule has 0 amide bonds. The van der Waals surface area contributed by atoms with Crippen LogP contribution in [-0.2, 0) is 4.57 Å². The lowest BCUT2D eigenvalue weighted by Gasteiger charge is -2.11. The average Bonchev–Trinajstić information content (AvgIpc) is 2.44. The quantitative estimate of drug-likeness (QED) is 0.358. The van der Waals surface area contributed by atoms with E-state index in [1.807, 2.05) is 6.07 Å². The summed E-state index contributed by atoms with van der Waals surface area (Å²) in [4.78, 5) is 0. The smallest absolute Gasteiger partial charge is 0.192 e. The van der Waals surface area contributed by atoms with E-state index in [0.717, 1.165) is 10.7 Å². The van der Waals surface area contributed by atoms with Crippen LogP contribution in [0.15, 0.2) is 54.6 Å². The van der Waals surface area contributed by atoms with Gasteiger partial charge in [-0.15, -0.1) is 0 Å². The predicted octanol–water partition coefficient (Wildman–Crippen LogP) is 4.50. The Morgan fingerprint density at radius 2 is 1.28 bits per heavy atom. The molecule has 0 saturated carbocycles. The van der Waals surface area contributed by atoms with Crippen molar-refractivity contribution in [3.8, 4) is 0 Å². The summed E-state index contributed by atoms with van der Waals surface area (Å²) in [6.45, 7) is 0. The van der Waals surface area contributed by atoms with Gasteiger partial charge in [0.05, 0.1) is 5.30 Å². The Labute approximate surface area is 106 Å². The zero-order valence-corrected chi connectivity index (χ0v) is 10.4. The molecule has 0 fully saturated rings. The second-order valence-electron chi connectivity index (χ2n) is 4.53. The molecule has 0 heterocycles. The van der Waals surface area contributed by atoms with E-state index >= 15 is 0 Å². The molecule has 0 atom stereocenters. The van der Waals surface area contributed by atoms with Gasteiger partial charge in [-0.2, -0.15) is 0 Å². The number of rotatable bonds is 1. The number of benzene rings is 4. The maximum absolute atomic E-state index is 11.2. The Kier molecular flexibility index (Phi) is 1.95. The molecule has 4 aromatic carbocycles. The molecule has 84 valence electrons. The summed E-state index contributed by atoms with van der Waals surface area (Å²) in [6, 6.07) is 18.8. The van der Waals surface area contributed by atoms with E-state index in [1.165, 1.54) is 26.9 Å². The minimum absolute atomic E-state index is 0.0848. The SMILES string of the molecule is O=Pc1ccc2ccc3cccc4ccc1c2c34. The molecule has 0 aliphatic carbocycles. The zero-order chi connectivity index (χ0) is 12.1. The van der Waals surface area contributed by atoms with Crippen LogP contribution in [0.2, 0.25) is 0 Å². The van der Waals surface area contributed by atoms with Gasteiger partial charge in [-0.3, -0.25) is 4.57 Å². The lowest BCUT2D eigenvalue weighted by molar-refractivity contribution is 0.603. The fourth-order valence-corrected chi connectivity index (χ4v) is 3.22. The third-order valence-corrected chi connectivity index (χ3v) is 4.19. The van der Waals surface area contributed by atoms with E-state index in [0.29, 0.717) is 0 Å². The largest absolute Gasteiger partial charge is 0.269 e. The third-order valence-electron chi connectivity index (χ3n) is 3.60. The molecule has 18 heavy (non-hydrogen) atoms. The molecule has 0 aliphatic rings. The molecular weight excluding hydrogens is 239 g/mol. The summed E-state index contributed by atoms with van der Waals surface area (Å²) >= 11 is 0. The summed E-state index contributed by atoms with van der Waals surface area (Å²) in [5.41, 5.74) is 0. The van der Waals surface area contributed by atoms with Crippen molar-refractivity contribution < 1.29 is 4.57 Å². The van der Waals surface area contributed by atoms with Gasteiger partial charge in [-0.1, -0.05) is 48.5 Å². The maximum Gasteiger partial charge on any atom is 0.192 e. The molecule has 4 aromatic rings.